The number of aliphatic hydroxyl groups excluding tert-OH is 1. The van der Waals surface area contributed by atoms with Crippen molar-refractivity contribution in [3.8, 4) is 0 Å². The number of amides is 2. The molecule has 0 aromatic heterocycles. The van der Waals surface area contributed by atoms with Gasteiger partial charge in [-0.3, -0.25) is 4.90 Å². The first kappa shape index (κ1) is 17.2. The zero-order valence-electron chi connectivity index (χ0n) is 14.5. The maximum absolute atomic E-state index is 12.0. The number of nitrogens with zero attached hydrogens (tertiary/aromatic N) is 1. The molecule has 2 fully saturated rings. The number of piperidine rings is 1. The van der Waals surface area contributed by atoms with Gasteiger partial charge in [0.15, 0.2) is 0 Å². The van der Waals surface area contributed by atoms with Crippen LogP contribution >= 0.6 is 0 Å². The SMILES string of the molecule is CC(c1ccccc1)N1CCC(NC(=O)NCC2(CO)CC2)CC1. The maximum atomic E-state index is 12.0. The molecule has 1 aromatic rings. The van der Waals surface area contributed by atoms with Crippen molar-refractivity contribution >= 4 is 6.03 Å². The fraction of sp³-hybridized carbons (Fsp3) is 0.632. The van der Waals surface area contributed by atoms with Crippen molar-refractivity contribution in [3.05, 3.63) is 35.9 Å². The van der Waals surface area contributed by atoms with E-state index in [0.717, 1.165) is 38.8 Å². The second kappa shape index (κ2) is 7.53. The average Bonchev–Trinajstić information content (AvgIpc) is 3.41. The molecule has 5 nitrogen and oxygen atoms in total. The number of rotatable bonds is 6. The number of nitrogens with one attached hydrogen (secondary N) is 2. The highest BCUT2D eigenvalue weighted by atomic mass is 16.3. The van der Waals surface area contributed by atoms with Crippen LogP contribution in [0.1, 0.15) is 44.2 Å². The number of benzene rings is 1. The Morgan fingerprint density at radius 2 is 1.96 bits per heavy atom. The third kappa shape index (κ3) is 4.28. The topological polar surface area (TPSA) is 64.6 Å². The number of aliphatic hydroxyl groups is 1. The number of likely N-dealkylation sites (tertiary alicyclic amines) is 1. The quantitative estimate of drug-likeness (QED) is 0.749. The summed E-state index contributed by atoms with van der Waals surface area (Å²) >= 11 is 0. The van der Waals surface area contributed by atoms with Gasteiger partial charge in [0.2, 0.25) is 0 Å². The standard InChI is InChI=1S/C19H29N3O2/c1-15(16-5-3-2-4-6-16)22-11-7-17(8-12-22)21-18(24)20-13-19(14-23)9-10-19/h2-6,15,17,23H,7-14H2,1H3,(H2,20,21,24). The van der Waals surface area contributed by atoms with E-state index in [1.54, 1.807) is 0 Å². The van der Waals surface area contributed by atoms with E-state index in [1.807, 2.05) is 6.07 Å². The van der Waals surface area contributed by atoms with Crippen LogP contribution in [-0.4, -0.2) is 48.3 Å². The van der Waals surface area contributed by atoms with Gasteiger partial charge in [-0.2, -0.15) is 0 Å². The van der Waals surface area contributed by atoms with Crippen molar-refractivity contribution in [2.45, 2.75) is 44.7 Å². The minimum atomic E-state index is -0.0933. The minimum absolute atomic E-state index is 0.0359. The summed E-state index contributed by atoms with van der Waals surface area (Å²) in [4.78, 5) is 14.5. The Morgan fingerprint density at radius 3 is 2.54 bits per heavy atom. The summed E-state index contributed by atoms with van der Waals surface area (Å²) in [5, 5.41) is 15.3. The molecule has 132 valence electrons. The predicted molar refractivity (Wildman–Crippen MR) is 94.7 cm³/mol. The number of hydrogen-bond donors (Lipinski definition) is 3. The molecule has 1 unspecified atom stereocenters. The predicted octanol–water partition coefficient (Wildman–Crippen LogP) is 2.28. The lowest BCUT2D eigenvalue weighted by molar-refractivity contribution is 0.152. The van der Waals surface area contributed by atoms with Crippen LogP contribution < -0.4 is 10.6 Å². The summed E-state index contributed by atoms with van der Waals surface area (Å²) in [6, 6.07) is 11.1. The van der Waals surface area contributed by atoms with Crippen LogP contribution in [0.5, 0.6) is 0 Å². The Bertz CT molecular complexity index is 537. The Hall–Kier alpha value is -1.59. The smallest absolute Gasteiger partial charge is 0.315 e. The van der Waals surface area contributed by atoms with Crippen molar-refractivity contribution in [2.75, 3.05) is 26.2 Å². The minimum Gasteiger partial charge on any atom is -0.396 e. The third-order valence-corrected chi connectivity index (χ3v) is 5.61. The van der Waals surface area contributed by atoms with Gasteiger partial charge in [0.25, 0.3) is 0 Å². The van der Waals surface area contributed by atoms with Crippen molar-refractivity contribution in [3.63, 3.8) is 0 Å². The molecule has 2 aliphatic rings. The van der Waals surface area contributed by atoms with Crippen LogP contribution in [0.15, 0.2) is 30.3 Å². The molecule has 5 heteroatoms. The summed E-state index contributed by atoms with van der Waals surface area (Å²) in [5.41, 5.74) is 1.31. The molecule has 1 aliphatic heterocycles. The lowest BCUT2D eigenvalue weighted by Gasteiger charge is -2.36. The van der Waals surface area contributed by atoms with Crippen LogP contribution in [0.4, 0.5) is 4.79 Å². The van der Waals surface area contributed by atoms with E-state index in [0.29, 0.717) is 12.6 Å². The molecule has 24 heavy (non-hydrogen) atoms. The molecule has 1 heterocycles. The van der Waals surface area contributed by atoms with Gasteiger partial charge in [-0.05, 0) is 38.2 Å². The van der Waals surface area contributed by atoms with Crippen molar-refractivity contribution in [1.29, 1.82) is 0 Å². The first-order chi connectivity index (χ1) is 11.6. The molecule has 2 amide bonds. The van der Waals surface area contributed by atoms with E-state index in [-0.39, 0.29) is 24.1 Å². The third-order valence-electron chi connectivity index (χ3n) is 5.61. The molecular weight excluding hydrogens is 302 g/mol. The highest BCUT2D eigenvalue weighted by Gasteiger charge is 2.42. The van der Waals surface area contributed by atoms with Crippen LogP contribution in [0.3, 0.4) is 0 Å². The average molecular weight is 331 g/mol. The summed E-state index contributed by atoms with van der Waals surface area (Å²) in [6.45, 7) is 5.01. The second-order valence-corrected chi connectivity index (χ2v) is 7.38. The largest absolute Gasteiger partial charge is 0.396 e. The zero-order valence-corrected chi connectivity index (χ0v) is 14.5. The molecular formula is C19H29N3O2. The van der Waals surface area contributed by atoms with Crippen molar-refractivity contribution < 1.29 is 9.90 Å². The van der Waals surface area contributed by atoms with Gasteiger partial charge in [0.05, 0.1) is 6.61 Å². The number of carbonyl (C=O) groups is 1. The Balaban J connectivity index is 1.39. The van der Waals surface area contributed by atoms with Gasteiger partial charge >= 0.3 is 6.03 Å². The summed E-state index contributed by atoms with van der Waals surface area (Å²) in [6.07, 6.45) is 3.99. The van der Waals surface area contributed by atoms with Crippen molar-refractivity contribution in [1.82, 2.24) is 15.5 Å². The highest BCUT2D eigenvalue weighted by Crippen LogP contribution is 2.44. The fourth-order valence-corrected chi connectivity index (χ4v) is 3.45. The van der Waals surface area contributed by atoms with Gasteiger partial charge in [-0.15, -0.1) is 0 Å². The van der Waals surface area contributed by atoms with E-state index in [4.69, 9.17) is 0 Å². The number of urea groups is 1. The summed E-state index contributed by atoms with van der Waals surface area (Å²) in [7, 11) is 0. The molecule has 1 atom stereocenters. The number of carbonyl (C=O) groups excluding carboxylic acids is 1. The summed E-state index contributed by atoms with van der Waals surface area (Å²) < 4.78 is 0. The van der Waals surface area contributed by atoms with Gasteiger partial charge in [-0.1, -0.05) is 30.3 Å². The maximum Gasteiger partial charge on any atom is 0.315 e. The lowest BCUT2D eigenvalue weighted by atomic mass is 10.0. The fourth-order valence-electron chi connectivity index (χ4n) is 3.45. The van der Waals surface area contributed by atoms with Crippen LogP contribution in [-0.2, 0) is 0 Å². The van der Waals surface area contributed by atoms with E-state index < -0.39 is 0 Å². The molecule has 1 aliphatic carbocycles. The van der Waals surface area contributed by atoms with Crippen LogP contribution in [0.2, 0.25) is 0 Å². The van der Waals surface area contributed by atoms with Crippen LogP contribution in [0.25, 0.3) is 0 Å². The molecule has 1 aromatic carbocycles. The Morgan fingerprint density at radius 1 is 1.29 bits per heavy atom. The van der Waals surface area contributed by atoms with E-state index >= 15 is 0 Å². The molecule has 0 bridgehead atoms. The lowest BCUT2D eigenvalue weighted by Crippen LogP contribution is -2.49. The van der Waals surface area contributed by atoms with Gasteiger partial charge < -0.3 is 15.7 Å². The van der Waals surface area contributed by atoms with Gasteiger partial charge in [0.1, 0.15) is 0 Å². The van der Waals surface area contributed by atoms with Gasteiger partial charge in [0, 0.05) is 37.1 Å². The van der Waals surface area contributed by atoms with E-state index in [1.165, 1.54) is 5.56 Å². The molecule has 3 N–H and O–H groups in total. The van der Waals surface area contributed by atoms with Crippen LogP contribution in [0, 0.1) is 5.41 Å². The highest BCUT2D eigenvalue weighted by molar-refractivity contribution is 5.74. The Labute approximate surface area is 144 Å². The Kier molecular flexibility index (Phi) is 5.41. The first-order valence-electron chi connectivity index (χ1n) is 9.06. The number of hydrogen-bond acceptors (Lipinski definition) is 3. The van der Waals surface area contributed by atoms with E-state index in [2.05, 4.69) is 46.7 Å². The molecule has 0 spiro atoms. The zero-order chi connectivity index (χ0) is 17.0. The van der Waals surface area contributed by atoms with Gasteiger partial charge in [-0.25, -0.2) is 4.79 Å². The normalized spacial score (nSPS) is 21.9. The van der Waals surface area contributed by atoms with E-state index in [9.17, 15) is 9.90 Å². The summed E-state index contributed by atoms with van der Waals surface area (Å²) in [5.74, 6) is 0. The molecule has 1 saturated heterocycles. The monoisotopic (exact) mass is 331 g/mol. The van der Waals surface area contributed by atoms with Crippen molar-refractivity contribution in [2.24, 2.45) is 5.41 Å². The second-order valence-electron chi connectivity index (χ2n) is 7.38. The first-order valence-corrected chi connectivity index (χ1v) is 9.06. The molecule has 1 saturated carbocycles. The molecule has 3 rings (SSSR count). The molecule has 0 radical (unpaired) electrons.